The Labute approximate surface area is 180 Å². The van der Waals surface area contributed by atoms with Crippen molar-refractivity contribution in [2.45, 2.75) is 13.8 Å². The summed E-state index contributed by atoms with van der Waals surface area (Å²) in [5.74, 6) is -0.800. The molecular weight excluding hydrogens is 450 g/mol. The summed E-state index contributed by atoms with van der Waals surface area (Å²) >= 11 is 6.09. The van der Waals surface area contributed by atoms with Crippen LogP contribution in [0.5, 0.6) is 0 Å². The van der Waals surface area contributed by atoms with Crippen LogP contribution in [0.25, 0.3) is 22.2 Å². The van der Waals surface area contributed by atoms with Gasteiger partial charge in [-0.25, -0.2) is 16.8 Å². The predicted molar refractivity (Wildman–Crippen MR) is 118 cm³/mol. The predicted octanol–water partition coefficient (Wildman–Crippen LogP) is 3.21. The van der Waals surface area contributed by atoms with Crippen LogP contribution in [-0.2, 0) is 27.1 Å². The van der Waals surface area contributed by atoms with Gasteiger partial charge in [0.25, 0.3) is 0 Å². The third-order valence-electron chi connectivity index (χ3n) is 4.76. The SMILES string of the molecule is CCS(=O)(=O)N(c1cncc(-c2c(C=O)c3ccc(Cl)cc3n2C)c1)S(=O)(=O)CC. The third kappa shape index (κ3) is 3.70. The quantitative estimate of drug-likeness (QED) is 0.492. The highest BCUT2D eigenvalue weighted by atomic mass is 35.5. The average molecular weight is 470 g/mol. The van der Waals surface area contributed by atoms with Gasteiger partial charge >= 0.3 is 0 Å². The summed E-state index contributed by atoms with van der Waals surface area (Å²) < 4.78 is 52.4. The first-order valence-corrected chi connectivity index (χ1v) is 12.6. The van der Waals surface area contributed by atoms with Crippen LogP contribution in [0.2, 0.25) is 5.02 Å². The normalized spacial score (nSPS) is 12.3. The Hall–Kier alpha value is -2.43. The number of carbonyl (C=O) groups is 1. The maximum atomic E-state index is 12.6. The number of carbonyl (C=O) groups excluding carboxylic acids is 1. The maximum absolute atomic E-state index is 12.6. The number of pyridine rings is 1. The average Bonchev–Trinajstić information content (AvgIpc) is 2.99. The molecule has 2 heterocycles. The number of sulfonamides is 2. The van der Waals surface area contributed by atoms with Gasteiger partial charge in [0.2, 0.25) is 20.0 Å². The van der Waals surface area contributed by atoms with Crippen LogP contribution in [0.1, 0.15) is 24.2 Å². The minimum Gasteiger partial charge on any atom is -0.343 e. The fraction of sp³-hybridized carbons (Fsp3) is 0.263. The largest absolute Gasteiger partial charge is 0.343 e. The molecule has 0 unspecified atom stereocenters. The number of hydrogen-bond acceptors (Lipinski definition) is 6. The summed E-state index contributed by atoms with van der Waals surface area (Å²) in [5.41, 5.74) is 1.82. The number of aromatic nitrogens is 2. The molecule has 1 aromatic carbocycles. The van der Waals surface area contributed by atoms with E-state index in [-0.39, 0.29) is 5.69 Å². The lowest BCUT2D eigenvalue weighted by Gasteiger charge is -2.22. The lowest BCUT2D eigenvalue weighted by atomic mass is 10.1. The van der Waals surface area contributed by atoms with E-state index in [1.54, 1.807) is 29.8 Å². The first-order valence-electron chi connectivity index (χ1n) is 9.01. The molecule has 0 atom stereocenters. The molecule has 3 aromatic rings. The van der Waals surface area contributed by atoms with Crippen LogP contribution < -0.4 is 3.71 Å². The Bertz CT molecular complexity index is 1310. The van der Waals surface area contributed by atoms with Gasteiger partial charge in [0, 0.05) is 34.8 Å². The number of fused-ring (bicyclic) bond motifs is 1. The molecule has 3 rings (SSSR count). The van der Waals surface area contributed by atoms with Gasteiger partial charge in [-0.15, -0.1) is 0 Å². The Balaban J connectivity index is 2.31. The van der Waals surface area contributed by atoms with Crippen molar-refractivity contribution in [1.29, 1.82) is 0 Å². The van der Waals surface area contributed by atoms with Gasteiger partial charge in [0.15, 0.2) is 6.29 Å². The molecule has 0 radical (unpaired) electrons. The second kappa shape index (κ2) is 8.01. The minimum atomic E-state index is -4.13. The Kier molecular flexibility index (Phi) is 5.94. The summed E-state index contributed by atoms with van der Waals surface area (Å²) in [6.07, 6.45) is 3.31. The Morgan fingerprint density at radius 2 is 1.70 bits per heavy atom. The molecule has 0 amide bonds. The summed E-state index contributed by atoms with van der Waals surface area (Å²) in [4.78, 5) is 15.9. The summed E-state index contributed by atoms with van der Waals surface area (Å²) in [5, 5.41) is 1.16. The molecule has 0 aliphatic heterocycles. The first kappa shape index (κ1) is 22.3. The van der Waals surface area contributed by atoms with E-state index >= 15 is 0 Å². The Morgan fingerprint density at radius 1 is 1.07 bits per heavy atom. The lowest BCUT2D eigenvalue weighted by Crippen LogP contribution is -2.39. The second-order valence-corrected chi connectivity index (χ2v) is 11.4. The van der Waals surface area contributed by atoms with Crippen molar-refractivity contribution in [3.05, 3.63) is 47.2 Å². The molecule has 0 saturated carbocycles. The zero-order chi connectivity index (χ0) is 22.3. The van der Waals surface area contributed by atoms with Crippen molar-refractivity contribution in [3.63, 3.8) is 0 Å². The molecule has 0 bridgehead atoms. The van der Waals surface area contributed by atoms with E-state index in [2.05, 4.69) is 4.98 Å². The van der Waals surface area contributed by atoms with Crippen LogP contribution in [0.15, 0.2) is 36.7 Å². The van der Waals surface area contributed by atoms with E-state index in [4.69, 9.17) is 11.6 Å². The highest BCUT2D eigenvalue weighted by molar-refractivity contribution is 8.10. The van der Waals surface area contributed by atoms with Gasteiger partial charge in [0.05, 0.1) is 34.6 Å². The van der Waals surface area contributed by atoms with E-state index in [1.807, 2.05) is 0 Å². The molecule has 8 nitrogen and oxygen atoms in total. The van der Waals surface area contributed by atoms with E-state index in [0.29, 0.717) is 42.7 Å². The molecule has 0 N–H and O–H groups in total. The number of anilines is 1. The molecule has 0 spiro atoms. The van der Waals surface area contributed by atoms with E-state index < -0.39 is 31.6 Å². The van der Waals surface area contributed by atoms with Gasteiger partial charge in [0.1, 0.15) is 0 Å². The number of nitrogens with zero attached hydrogens (tertiary/aromatic N) is 3. The zero-order valence-corrected chi connectivity index (χ0v) is 18.9. The van der Waals surface area contributed by atoms with E-state index in [0.717, 1.165) is 0 Å². The molecular formula is C19H20ClN3O5S2. The van der Waals surface area contributed by atoms with Gasteiger partial charge < -0.3 is 4.57 Å². The molecule has 0 saturated heterocycles. The summed E-state index contributed by atoms with van der Waals surface area (Å²) in [6.45, 7) is 2.73. The molecule has 0 aliphatic rings. The van der Waals surface area contributed by atoms with Crippen LogP contribution in [0.3, 0.4) is 0 Å². The molecule has 11 heteroatoms. The molecule has 30 heavy (non-hydrogen) atoms. The number of aldehydes is 1. The number of halogens is 1. The molecule has 0 aliphatic carbocycles. The van der Waals surface area contributed by atoms with Crippen molar-refractivity contribution in [2.24, 2.45) is 7.05 Å². The summed E-state index contributed by atoms with van der Waals surface area (Å²) in [7, 11) is -6.52. The Morgan fingerprint density at radius 3 is 2.27 bits per heavy atom. The van der Waals surface area contributed by atoms with Crippen molar-refractivity contribution < 1.29 is 21.6 Å². The highest BCUT2D eigenvalue weighted by Gasteiger charge is 2.32. The molecule has 0 fully saturated rings. The van der Waals surface area contributed by atoms with Crippen molar-refractivity contribution in [3.8, 4) is 11.3 Å². The monoisotopic (exact) mass is 469 g/mol. The lowest BCUT2D eigenvalue weighted by molar-refractivity contribution is 0.112. The number of rotatable bonds is 7. The fourth-order valence-electron chi connectivity index (χ4n) is 3.29. The third-order valence-corrected chi connectivity index (χ3v) is 9.25. The van der Waals surface area contributed by atoms with E-state index in [9.17, 15) is 21.6 Å². The molecule has 160 valence electrons. The van der Waals surface area contributed by atoms with Crippen LogP contribution >= 0.6 is 11.6 Å². The van der Waals surface area contributed by atoms with Crippen LogP contribution in [0.4, 0.5) is 5.69 Å². The number of benzene rings is 1. The second-order valence-electron chi connectivity index (χ2n) is 6.53. The first-order chi connectivity index (χ1) is 14.1. The van der Waals surface area contributed by atoms with Crippen molar-refractivity contribution in [1.82, 2.24) is 9.55 Å². The maximum Gasteiger partial charge on any atom is 0.248 e. The van der Waals surface area contributed by atoms with Gasteiger partial charge in [-0.05, 0) is 32.0 Å². The van der Waals surface area contributed by atoms with Gasteiger partial charge in [-0.3, -0.25) is 9.78 Å². The summed E-state index contributed by atoms with van der Waals surface area (Å²) in [6, 6.07) is 6.49. The van der Waals surface area contributed by atoms with Gasteiger partial charge in [-0.2, -0.15) is 3.71 Å². The van der Waals surface area contributed by atoms with Crippen LogP contribution in [-0.4, -0.2) is 44.2 Å². The number of hydrogen-bond donors (Lipinski definition) is 0. The fourth-order valence-corrected chi connectivity index (χ4v) is 6.79. The number of aryl methyl sites for hydroxylation is 1. The van der Waals surface area contributed by atoms with Crippen molar-refractivity contribution in [2.75, 3.05) is 15.2 Å². The molecule has 2 aromatic heterocycles. The zero-order valence-electron chi connectivity index (χ0n) is 16.5. The topological polar surface area (TPSA) is 106 Å². The smallest absolute Gasteiger partial charge is 0.248 e. The van der Waals surface area contributed by atoms with Gasteiger partial charge in [-0.1, -0.05) is 17.7 Å². The van der Waals surface area contributed by atoms with Crippen LogP contribution in [0, 0.1) is 0 Å². The highest BCUT2D eigenvalue weighted by Crippen LogP contribution is 2.35. The standard InChI is InChI=1S/C19H20ClN3O5S2/c1-4-29(25,26)23(30(27,28)5-2)15-8-13(10-21-11-15)19-17(12-24)16-7-6-14(20)9-18(16)22(19)3/h6-12H,4-5H2,1-3H3. The van der Waals surface area contributed by atoms with E-state index in [1.165, 1.54) is 32.3 Å². The van der Waals surface area contributed by atoms with Crippen molar-refractivity contribution >= 4 is 54.5 Å². The minimum absolute atomic E-state index is 0.115.